The molecule has 0 aliphatic rings. The molecule has 0 atom stereocenters. The molecule has 0 radical (unpaired) electrons. The van der Waals surface area contributed by atoms with Gasteiger partial charge in [0.1, 0.15) is 17.1 Å². The van der Waals surface area contributed by atoms with Crippen molar-refractivity contribution in [3.05, 3.63) is 50.7 Å². The number of aromatic nitrogens is 1. The minimum atomic E-state index is -0.474. The minimum Gasteiger partial charge on any atom is -0.496 e. The number of fused-ring (bicyclic) bond motifs is 1. The van der Waals surface area contributed by atoms with E-state index in [0.717, 1.165) is 10.2 Å². The average molecular weight is 455 g/mol. The third kappa shape index (κ3) is 4.43. The predicted molar refractivity (Wildman–Crippen MR) is 116 cm³/mol. The second-order valence-corrected chi connectivity index (χ2v) is 7.69. The fraction of sp³-hybridized carbons (Fsp3) is 0.300. The Bertz CT molecular complexity index is 1090. The SMILES string of the molecule is CCOCCn1c(=NC(=O)c2c(OC)cccc2OC)sc2ccc(Cl)c(Cl)c21. The number of hydrogen-bond acceptors (Lipinski definition) is 5. The van der Waals surface area contributed by atoms with E-state index in [1.807, 2.05) is 17.6 Å². The molecular formula is C20H20Cl2N2O4S. The summed E-state index contributed by atoms with van der Waals surface area (Å²) in [4.78, 5) is 17.9. The fourth-order valence-electron chi connectivity index (χ4n) is 2.90. The van der Waals surface area contributed by atoms with Crippen LogP contribution in [0, 0.1) is 0 Å². The monoisotopic (exact) mass is 454 g/mol. The van der Waals surface area contributed by atoms with Crippen molar-refractivity contribution in [2.75, 3.05) is 27.4 Å². The molecule has 0 N–H and O–H groups in total. The van der Waals surface area contributed by atoms with Gasteiger partial charge in [0.15, 0.2) is 4.80 Å². The van der Waals surface area contributed by atoms with Gasteiger partial charge in [0.25, 0.3) is 5.91 Å². The molecule has 0 spiro atoms. The standard InChI is InChI=1S/C20H20Cl2N2O4S/c1-4-28-11-10-24-18-15(9-8-12(21)17(18)22)29-20(24)23-19(25)16-13(26-2)6-5-7-14(16)27-3/h5-9H,4,10-11H2,1-3H3. The van der Waals surface area contributed by atoms with Gasteiger partial charge in [0, 0.05) is 13.2 Å². The summed E-state index contributed by atoms with van der Waals surface area (Å²) < 4.78 is 18.9. The van der Waals surface area contributed by atoms with Crippen LogP contribution in [-0.2, 0) is 11.3 Å². The molecule has 0 saturated heterocycles. The van der Waals surface area contributed by atoms with Gasteiger partial charge in [-0.05, 0) is 31.2 Å². The number of thiazole rings is 1. The number of benzene rings is 2. The zero-order valence-corrected chi connectivity index (χ0v) is 18.5. The van der Waals surface area contributed by atoms with Crippen LogP contribution < -0.4 is 14.3 Å². The number of methoxy groups -OCH3 is 2. The van der Waals surface area contributed by atoms with Crippen molar-refractivity contribution in [3.63, 3.8) is 0 Å². The van der Waals surface area contributed by atoms with Crippen LogP contribution in [0.25, 0.3) is 10.2 Å². The first-order valence-electron chi connectivity index (χ1n) is 8.86. The topological polar surface area (TPSA) is 62.1 Å². The van der Waals surface area contributed by atoms with Gasteiger partial charge in [0.05, 0.1) is 41.1 Å². The van der Waals surface area contributed by atoms with Crippen molar-refractivity contribution < 1.29 is 19.0 Å². The Morgan fingerprint density at radius 1 is 1.14 bits per heavy atom. The van der Waals surface area contributed by atoms with E-state index in [9.17, 15) is 4.79 Å². The van der Waals surface area contributed by atoms with Crippen molar-refractivity contribution in [2.24, 2.45) is 4.99 Å². The van der Waals surface area contributed by atoms with Gasteiger partial charge in [-0.3, -0.25) is 4.79 Å². The zero-order chi connectivity index (χ0) is 21.0. The normalized spacial score (nSPS) is 11.8. The number of carbonyl (C=O) groups is 1. The molecule has 0 aliphatic carbocycles. The van der Waals surface area contributed by atoms with E-state index in [1.54, 1.807) is 24.3 Å². The van der Waals surface area contributed by atoms with E-state index in [0.29, 0.717) is 46.1 Å². The number of rotatable bonds is 7. The highest BCUT2D eigenvalue weighted by Crippen LogP contribution is 2.32. The molecule has 2 aromatic carbocycles. The molecule has 1 amide bonds. The molecule has 6 nitrogen and oxygen atoms in total. The van der Waals surface area contributed by atoms with E-state index in [4.69, 9.17) is 37.4 Å². The number of carbonyl (C=O) groups excluding carboxylic acids is 1. The number of hydrogen-bond donors (Lipinski definition) is 0. The van der Waals surface area contributed by atoms with E-state index in [1.165, 1.54) is 25.6 Å². The first kappa shape index (κ1) is 21.6. The minimum absolute atomic E-state index is 0.260. The van der Waals surface area contributed by atoms with Crippen LogP contribution in [0.2, 0.25) is 10.0 Å². The van der Waals surface area contributed by atoms with E-state index in [2.05, 4.69) is 4.99 Å². The largest absolute Gasteiger partial charge is 0.496 e. The molecule has 3 aromatic rings. The van der Waals surface area contributed by atoms with Gasteiger partial charge in [-0.15, -0.1) is 0 Å². The maximum absolute atomic E-state index is 13.1. The summed E-state index contributed by atoms with van der Waals surface area (Å²) in [5.41, 5.74) is 0.984. The Morgan fingerprint density at radius 2 is 1.83 bits per heavy atom. The van der Waals surface area contributed by atoms with Gasteiger partial charge in [0.2, 0.25) is 0 Å². The highest BCUT2D eigenvalue weighted by atomic mass is 35.5. The number of amides is 1. The lowest BCUT2D eigenvalue weighted by Crippen LogP contribution is -2.20. The molecule has 154 valence electrons. The predicted octanol–water partition coefficient (Wildman–Crippen LogP) is 4.80. The Morgan fingerprint density at radius 3 is 2.45 bits per heavy atom. The molecule has 1 aromatic heterocycles. The Hall–Kier alpha value is -2.06. The second kappa shape index (κ2) is 9.63. The van der Waals surface area contributed by atoms with Crippen molar-refractivity contribution >= 4 is 50.7 Å². The molecule has 1 heterocycles. The third-order valence-corrected chi connectivity index (χ3v) is 6.07. The van der Waals surface area contributed by atoms with Crippen LogP contribution in [0.3, 0.4) is 0 Å². The molecule has 9 heteroatoms. The summed E-state index contributed by atoms with van der Waals surface area (Å²) in [7, 11) is 2.99. The summed E-state index contributed by atoms with van der Waals surface area (Å²) in [6.07, 6.45) is 0. The Labute approximate surface area is 182 Å². The lowest BCUT2D eigenvalue weighted by atomic mass is 10.1. The molecule has 0 aliphatic heterocycles. The van der Waals surface area contributed by atoms with E-state index in [-0.39, 0.29) is 5.56 Å². The quantitative estimate of drug-likeness (QED) is 0.480. The van der Waals surface area contributed by atoms with E-state index < -0.39 is 5.91 Å². The van der Waals surface area contributed by atoms with Crippen molar-refractivity contribution in [2.45, 2.75) is 13.5 Å². The summed E-state index contributed by atoms with van der Waals surface area (Å²) in [6.45, 7) is 3.43. The second-order valence-electron chi connectivity index (χ2n) is 5.90. The maximum Gasteiger partial charge on any atom is 0.287 e. The van der Waals surface area contributed by atoms with Crippen LogP contribution in [0.15, 0.2) is 35.3 Å². The summed E-state index contributed by atoms with van der Waals surface area (Å²) in [6, 6.07) is 8.72. The van der Waals surface area contributed by atoms with Crippen LogP contribution in [0.5, 0.6) is 11.5 Å². The first-order chi connectivity index (χ1) is 14.0. The summed E-state index contributed by atoms with van der Waals surface area (Å²) in [5, 5.41) is 0.854. The molecule has 29 heavy (non-hydrogen) atoms. The van der Waals surface area contributed by atoms with Crippen molar-refractivity contribution in [1.29, 1.82) is 0 Å². The molecule has 0 fully saturated rings. The summed E-state index contributed by atoms with van der Waals surface area (Å²) in [5.74, 6) is 0.306. The van der Waals surface area contributed by atoms with Gasteiger partial charge < -0.3 is 18.8 Å². The van der Waals surface area contributed by atoms with Gasteiger partial charge in [-0.25, -0.2) is 0 Å². The maximum atomic E-state index is 13.1. The number of halogens is 2. The van der Waals surface area contributed by atoms with Gasteiger partial charge in [-0.1, -0.05) is 40.6 Å². The Balaban J connectivity index is 2.19. The highest BCUT2D eigenvalue weighted by Gasteiger charge is 2.19. The lowest BCUT2D eigenvalue weighted by Gasteiger charge is -2.10. The van der Waals surface area contributed by atoms with Gasteiger partial charge in [-0.2, -0.15) is 4.99 Å². The van der Waals surface area contributed by atoms with Crippen LogP contribution >= 0.6 is 34.5 Å². The molecule has 0 saturated carbocycles. The molecule has 0 unspecified atom stereocenters. The smallest absolute Gasteiger partial charge is 0.287 e. The Kier molecular flexibility index (Phi) is 7.18. The summed E-state index contributed by atoms with van der Waals surface area (Å²) >= 11 is 14.0. The third-order valence-electron chi connectivity index (χ3n) is 4.24. The molecule has 0 bridgehead atoms. The van der Waals surface area contributed by atoms with Crippen LogP contribution in [0.1, 0.15) is 17.3 Å². The fourth-order valence-corrected chi connectivity index (χ4v) is 4.44. The average Bonchev–Trinajstić information content (AvgIpc) is 3.07. The van der Waals surface area contributed by atoms with E-state index >= 15 is 0 Å². The van der Waals surface area contributed by atoms with Crippen LogP contribution in [0.4, 0.5) is 0 Å². The number of nitrogens with zero attached hydrogens (tertiary/aromatic N) is 2. The highest BCUT2D eigenvalue weighted by molar-refractivity contribution is 7.16. The van der Waals surface area contributed by atoms with Crippen molar-refractivity contribution in [1.82, 2.24) is 4.57 Å². The zero-order valence-electron chi connectivity index (χ0n) is 16.2. The molecular weight excluding hydrogens is 435 g/mol. The molecule has 3 rings (SSSR count). The number of ether oxygens (including phenoxy) is 3. The lowest BCUT2D eigenvalue weighted by molar-refractivity contribution is 0.0990. The van der Waals surface area contributed by atoms with Crippen molar-refractivity contribution in [3.8, 4) is 11.5 Å². The first-order valence-corrected chi connectivity index (χ1v) is 10.4. The van der Waals surface area contributed by atoms with Crippen LogP contribution in [-0.4, -0.2) is 37.9 Å². The van der Waals surface area contributed by atoms with Gasteiger partial charge >= 0.3 is 0 Å².